The first kappa shape index (κ1) is 33.0. The summed E-state index contributed by atoms with van der Waals surface area (Å²) in [6, 6.07) is 15.1. The van der Waals surface area contributed by atoms with Gasteiger partial charge in [-0.3, -0.25) is 24.3 Å². The maximum absolute atomic E-state index is 14.5. The fourth-order valence-electron chi connectivity index (χ4n) is 6.91. The van der Waals surface area contributed by atoms with E-state index in [1.807, 2.05) is 68.6 Å². The van der Waals surface area contributed by atoms with Gasteiger partial charge in [0, 0.05) is 54.1 Å². The van der Waals surface area contributed by atoms with Crippen LogP contribution < -0.4 is 16.0 Å². The molecule has 0 bridgehead atoms. The smallest absolute Gasteiger partial charge is 0.269 e. The molecule has 48 heavy (non-hydrogen) atoms. The number of fused-ring (bicyclic) bond motifs is 2. The zero-order valence-corrected chi connectivity index (χ0v) is 28.0. The Bertz CT molecular complexity index is 1790. The molecule has 2 aliphatic rings. The van der Waals surface area contributed by atoms with E-state index in [0.29, 0.717) is 5.69 Å². The highest BCUT2D eigenvalue weighted by molar-refractivity contribution is 5.96. The normalized spacial score (nSPS) is 24.0. The molecule has 5 N–H and O–H groups in total. The molecular formula is C37H45N7O4. The molecule has 0 aliphatic carbocycles. The average Bonchev–Trinajstić information content (AvgIpc) is 3.81. The van der Waals surface area contributed by atoms with Gasteiger partial charge in [0.15, 0.2) is 0 Å². The Labute approximate surface area is 280 Å². The summed E-state index contributed by atoms with van der Waals surface area (Å²) in [5.41, 5.74) is 4.78. The summed E-state index contributed by atoms with van der Waals surface area (Å²) in [5.74, 6) is -0.899. The summed E-state index contributed by atoms with van der Waals surface area (Å²) >= 11 is 0. The summed E-state index contributed by atoms with van der Waals surface area (Å²) < 4.78 is 0. The lowest BCUT2D eigenvalue weighted by molar-refractivity contribution is -0.141. The van der Waals surface area contributed by atoms with Crippen molar-refractivity contribution in [2.24, 2.45) is 11.8 Å². The molecule has 11 heteroatoms. The number of aromatic amines is 2. The summed E-state index contributed by atoms with van der Waals surface area (Å²) in [5, 5.41) is 17.4. The second-order valence-corrected chi connectivity index (χ2v) is 13.9. The monoisotopic (exact) mass is 651 g/mol. The molecule has 2 aromatic heterocycles. The predicted octanol–water partition coefficient (Wildman–Crippen LogP) is 4.25. The Morgan fingerprint density at radius 1 is 1.04 bits per heavy atom. The molecule has 5 atom stereocenters. The highest BCUT2D eigenvalue weighted by atomic mass is 16.2. The standard InChI is InChI=1S/C37H45N7O4/c1-21(2)28-14-11-23(4)15-34(45)40-32(16-25-19-38-29-8-6-5-7-27(25)29)37(48)44-20-26(17-33(44)36(47)41-28)39-35(46)31-18-30(42-43-31)24-12-9-22(3)10-13-24/h5-10,12-13,18-19,21,23,26,28,32-33,38H,11,14-17,20H2,1-4H3,(H,39,46)(H,40,45)(H,41,47)(H,42,43)/t23-,26-,28+,32-,33+/m1/s1. The van der Waals surface area contributed by atoms with Crippen LogP contribution in [0.4, 0.5) is 0 Å². The molecule has 2 aliphatic heterocycles. The molecular weight excluding hydrogens is 606 g/mol. The van der Waals surface area contributed by atoms with Gasteiger partial charge in [-0.1, -0.05) is 68.8 Å². The van der Waals surface area contributed by atoms with Crippen LogP contribution in [0.3, 0.4) is 0 Å². The molecule has 4 amide bonds. The number of rotatable bonds is 6. The van der Waals surface area contributed by atoms with Crippen molar-refractivity contribution < 1.29 is 19.2 Å². The quantitative estimate of drug-likeness (QED) is 0.211. The average molecular weight is 652 g/mol. The van der Waals surface area contributed by atoms with E-state index in [-0.39, 0.29) is 73.0 Å². The Morgan fingerprint density at radius 2 is 1.81 bits per heavy atom. The topological polar surface area (TPSA) is 152 Å². The van der Waals surface area contributed by atoms with E-state index in [0.717, 1.165) is 40.4 Å². The zero-order chi connectivity index (χ0) is 33.9. The fraction of sp³-hybridized carbons (Fsp3) is 0.432. The molecule has 4 heterocycles. The van der Waals surface area contributed by atoms with E-state index in [1.165, 1.54) is 0 Å². The number of aromatic nitrogens is 3. The summed E-state index contributed by atoms with van der Waals surface area (Å²) in [7, 11) is 0. The first-order valence-corrected chi connectivity index (χ1v) is 16.9. The van der Waals surface area contributed by atoms with E-state index >= 15 is 0 Å². The third kappa shape index (κ3) is 7.30. The van der Waals surface area contributed by atoms with Gasteiger partial charge in [-0.15, -0.1) is 0 Å². The second-order valence-electron chi connectivity index (χ2n) is 13.9. The van der Waals surface area contributed by atoms with Crippen LogP contribution in [0.25, 0.3) is 22.2 Å². The van der Waals surface area contributed by atoms with Crippen molar-refractivity contribution in [3.05, 3.63) is 77.6 Å². The molecule has 0 unspecified atom stereocenters. The van der Waals surface area contributed by atoms with Crippen molar-refractivity contribution in [3.8, 4) is 11.3 Å². The van der Waals surface area contributed by atoms with Gasteiger partial charge in [0.1, 0.15) is 17.8 Å². The van der Waals surface area contributed by atoms with Gasteiger partial charge in [0.2, 0.25) is 17.7 Å². The molecule has 2 aromatic carbocycles. The zero-order valence-electron chi connectivity index (χ0n) is 28.0. The molecule has 0 radical (unpaired) electrons. The Hall–Kier alpha value is -4.93. The largest absolute Gasteiger partial charge is 0.361 e. The summed E-state index contributed by atoms with van der Waals surface area (Å²) in [6.45, 7) is 8.29. The Kier molecular flexibility index (Phi) is 9.66. The number of hydrogen-bond donors (Lipinski definition) is 5. The molecule has 2 saturated heterocycles. The van der Waals surface area contributed by atoms with Crippen molar-refractivity contribution in [2.45, 2.75) is 84.0 Å². The first-order valence-electron chi connectivity index (χ1n) is 16.9. The molecule has 2 fully saturated rings. The van der Waals surface area contributed by atoms with Gasteiger partial charge in [0.05, 0.1) is 5.69 Å². The van der Waals surface area contributed by atoms with Crippen molar-refractivity contribution >= 4 is 34.5 Å². The van der Waals surface area contributed by atoms with Crippen molar-refractivity contribution in [2.75, 3.05) is 6.54 Å². The lowest BCUT2D eigenvalue weighted by Gasteiger charge is -2.30. The van der Waals surface area contributed by atoms with Crippen molar-refractivity contribution in [1.82, 2.24) is 36.0 Å². The van der Waals surface area contributed by atoms with Crippen LogP contribution in [0, 0.1) is 18.8 Å². The fourth-order valence-corrected chi connectivity index (χ4v) is 6.91. The first-order chi connectivity index (χ1) is 23.0. The minimum Gasteiger partial charge on any atom is -0.361 e. The lowest BCUT2D eigenvalue weighted by Crippen LogP contribution is -2.55. The van der Waals surface area contributed by atoms with Crippen molar-refractivity contribution in [3.63, 3.8) is 0 Å². The molecule has 0 saturated carbocycles. The SMILES string of the molecule is Cc1ccc(-c2cc(C(=O)N[C@@H]3C[C@H]4C(=O)N[C@H](C(C)C)CC[C@@H](C)CC(=O)N[C@H](Cc5c[nH]c6ccccc56)C(=O)N4C3)[nH]n2)cc1. The van der Waals surface area contributed by atoms with E-state index in [2.05, 4.69) is 45.0 Å². The second kappa shape index (κ2) is 14.0. The maximum atomic E-state index is 14.5. The van der Waals surface area contributed by atoms with Crippen LogP contribution in [0.2, 0.25) is 0 Å². The number of benzene rings is 2. The number of H-pyrrole nitrogens is 2. The number of amides is 4. The molecule has 252 valence electrons. The third-order valence-electron chi connectivity index (χ3n) is 9.76. The van der Waals surface area contributed by atoms with Crippen LogP contribution in [-0.2, 0) is 20.8 Å². The van der Waals surface area contributed by atoms with Crippen LogP contribution in [0.5, 0.6) is 0 Å². The Balaban J connectivity index is 1.26. The highest BCUT2D eigenvalue weighted by Gasteiger charge is 2.43. The highest BCUT2D eigenvalue weighted by Crippen LogP contribution is 2.26. The molecule has 11 nitrogen and oxygen atoms in total. The summed E-state index contributed by atoms with van der Waals surface area (Å²) in [6.07, 6.45) is 4.15. The number of aryl methyl sites for hydroxylation is 1. The number of hydrogen-bond acceptors (Lipinski definition) is 5. The number of para-hydroxylation sites is 1. The lowest BCUT2D eigenvalue weighted by atomic mass is 9.92. The van der Waals surface area contributed by atoms with E-state index in [9.17, 15) is 19.2 Å². The van der Waals surface area contributed by atoms with Crippen LogP contribution in [0.1, 0.15) is 68.1 Å². The van der Waals surface area contributed by atoms with E-state index < -0.39 is 18.1 Å². The van der Waals surface area contributed by atoms with Gasteiger partial charge in [-0.05, 0) is 55.7 Å². The van der Waals surface area contributed by atoms with E-state index in [4.69, 9.17) is 0 Å². The molecule has 4 aromatic rings. The molecule has 0 spiro atoms. The number of nitrogens with one attached hydrogen (secondary N) is 5. The van der Waals surface area contributed by atoms with Crippen LogP contribution in [0.15, 0.2) is 60.8 Å². The van der Waals surface area contributed by atoms with Crippen LogP contribution >= 0.6 is 0 Å². The van der Waals surface area contributed by atoms with Crippen LogP contribution in [-0.4, -0.2) is 74.4 Å². The Morgan fingerprint density at radius 3 is 2.58 bits per heavy atom. The van der Waals surface area contributed by atoms with E-state index in [1.54, 1.807) is 11.0 Å². The van der Waals surface area contributed by atoms with Gasteiger partial charge < -0.3 is 25.8 Å². The predicted molar refractivity (Wildman–Crippen MR) is 184 cm³/mol. The van der Waals surface area contributed by atoms with Gasteiger partial charge in [0.25, 0.3) is 5.91 Å². The van der Waals surface area contributed by atoms with Gasteiger partial charge in [-0.25, -0.2) is 0 Å². The minimum absolute atomic E-state index is 0.0844. The number of carbonyl (C=O) groups is 4. The van der Waals surface area contributed by atoms with Gasteiger partial charge >= 0.3 is 0 Å². The van der Waals surface area contributed by atoms with Crippen molar-refractivity contribution in [1.29, 1.82) is 0 Å². The molecule has 6 rings (SSSR count). The maximum Gasteiger partial charge on any atom is 0.269 e. The third-order valence-corrected chi connectivity index (χ3v) is 9.76. The number of carbonyl (C=O) groups excluding carboxylic acids is 4. The van der Waals surface area contributed by atoms with Gasteiger partial charge in [-0.2, -0.15) is 5.10 Å². The minimum atomic E-state index is -0.889. The number of nitrogens with zero attached hydrogens (tertiary/aromatic N) is 2. The summed E-state index contributed by atoms with van der Waals surface area (Å²) in [4.78, 5) is 60.0.